The molecule has 0 aliphatic rings. The highest BCUT2D eigenvalue weighted by Gasteiger charge is 1.85. The van der Waals surface area contributed by atoms with E-state index in [-0.39, 0.29) is 6.61 Å². The van der Waals surface area contributed by atoms with Crippen LogP contribution in [0.1, 0.15) is 5.56 Å². The summed E-state index contributed by atoms with van der Waals surface area (Å²) < 4.78 is 31.6. The molecule has 0 saturated heterocycles. The second kappa shape index (κ2) is 6.50. The van der Waals surface area contributed by atoms with Crippen LogP contribution >= 0.6 is 0 Å². The molecule has 0 fully saturated rings. The van der Waals surface area contributed by atoms with Gasteiger partial charge >= 0.3 is 10.4 Å². The smallest absolute Gasteiger partial charge is 0.394 e. The highest BCUT2D eigenvalue weighted by Crippen LogP contribution is 1.97. The molecule has 0 heterocycles. The van der Waals surface area contributed by atoms with E-state index in [1.54, 1.807) is 0 Å². The molecule has 6 heteroatoms. The third kappa shape index (κ3) is 11.1. The first-order valence-corrected chi connectivity index (χ1v) is 5.18. The second-order valence-corrected chi connectivity index (χ2v) is 3.30. The van der Waals surface area contributed by atoms with Crippen LogP contribution in [0.2, 0.25) is 0 Å². The summed E-state index contributed by atoms with van der Waals surface area (Å²) >= 11 is 0. The Morgan fingerprint density at radius 2 is 1.50 bits per heavy atom. The number of rotatable bonds is 2. The van der Waals surface area contributed by atoms with E-state index in [9.17, 15) is 0 Å². The molecule has 0 radical (unpaired) electrons. The van der Waals surface area contributed by atoms with Crippen LogP contribution < -0.4 is 0 Å². The number of benzene rings is 1. The molecular weight excluding hydrogens is 208 g/mol. The molecule has 0 amide bonds. The maximum Gasteiger partial charge on any atom is 0.394 e. The minimum absolute atomic E-state index is 0.240. The summed E-state index contributed by atoms with van der Waals surface area (Å²) in [7, 11) is -4.67. The molecule has 1 rings (SSSR count). The van der Waals surface area contributed by atoms with Gasteiger partial charge in [-0.2, -0.15) is 8.42 Å². The highest BCUT2D eigenvalue weighted by atomic mass is 32.3. The molecule has 14 heavy (non-hydrogen) atoms. The van der Waals surface area contributed by atoms with Crippen molar-refractivity contribution in [2.75, 3.05) is 6.61 Å². The van der Waals surface area contributed by atoms with Crippen molar-refractivity contribution in [2.24, 2.45) is 0 Å². The quantitative estimate of drug-likeness (QED) is 0.633. The molecule has 0 aromatic heterocycles. The van der Waals surface area contributed by atoms with Gasteiger partial charge in [0.1, 0.15) is 0 Å². The van der Waals surface area contributed by atoms with Gasteiger partial charge in [-0.05, 0) is 12.0 Å². The Hall–Kier alpha value is -0.950. The van der Waals surface area contributed by atoms with Crippen LogP contribution in [0.4, 0.5) is 0 Å². The summed E-state index contributed by atoms with van der Waals surface area (Å²) in [5.41, 5.74) is 1.19. The molecule has 3 N–H and O–H groups in total. The highest BCUT2D eigenvalue weighted by molar-refractivity contribution is 7.79. The normalized spacial score (nSPS) is 10.2. The molecule has 0 aliphatic carbocycles. The minimum atomic E-state index is -4.67. The summed E-state index contributed by atoms with van der Waals surface area (Å²) in [5, 5.41) is 8.52. The van der Waals surface area contributed by atoms with Gasteiger partial charge in [-0.1, -0.05) is 30.3 Å². The van der Waals surface area contributed by atoms with Gasteiger partial charge < -0.3 is 5.11 Å². The van der Waals surface area contributed by atoms with Gasteiger partial charge in [-0.25, -0.2) is 0 Å². The molecule has 0 aliphatic heterocycles. The van der Waals surface area contributed by atoms with E-state index >= 15 is 0 Å². The third-order valence-corrected chi connectivity index (χ3v) is 1.24. The molecule has 0 atom stereocenters. The van der Waals surface area contributed by atoms with Gasteiger partial charge in [0.25, 0.3) is 0 Å². The average molecular weight is 220 g/mol. The summed E-state index contributed by atoms with van der Waals surface area (Å²) in [4.78, 5) is 0. The van der Waals surface area contributed by atoms with E-state index in [0.29, 0.717) is 0 Å². The Balaban J connectivity index is 0.000000292. The second-order valence-electron chi connectivity index (χ2n) is 2.41. The predicted octanol–water partition coefficient (Wildman–Crippen LogP) is 0.569. The van der Waals surface area contributed by atoms with Gasteiger partial charge in [0.05, 0.1) is 0 Å². The zero-order valence-corrected chi connectivity index (χ0v) is 8.18. The van der Waals surface area contributed by atoms with Crippen LogP contribution in [0.5, 0.6) is 0 Å². The first kappa shape index (κ1) is 13.1. The standard InChI is InChI=1S/C8H10O.H2O4S/c9-7-6-8-4-2-1-3-5-8;1-5(2,3)4/h1-5,9H,6-7H2;(H2,1,2,3,4). The van der Waals surface area contributed by atoms with Crippen LogP contribution in [0.25, 0.3) is 0 Å². The van der Waals surface area contributed by atoms with E-state index in [1.807, 2.05) is 30.3 Å². The van der Waals surface area contributed by atoms with Gasteiger partial charge in [0.2, 0.25) is 0 Å². The molecular formula is C8H12O5S. The molecule has 0 saturated carbocycles. The monoisotopic (exact) mass is 220 g/mol. The van der Waals surface area contributed by atoms with E-state index in [4.69, 9.17) is 22.6 Å². The zero-order valence-electron chi connectivity index (χ0n) is 7.37. The number of aliphatic hydroxyl groups is 1. The fourth-order valence-corrected chi connectivity index (χ4v) is 0.774. The maximum absolute atomic E-state index is 8.74. The minimum Gasteiger partial charge on any atom is -0.396 e. The average Bonchev–Trinajstić information content (AvgIpc) is 2.03. The van der Waals surface area contributed by atoms with Gasteiger partial charge in [0, 0.05) is 6.61 Å². The molecule has 5 nitrogen and oxygen atoms in total. The largest absolute Gasteiger partial charge is 0.396 e. The van der Waals surface area contributed by atoms with Crippen molar-refractivity contribution in [3.8, 4) is 0 Å². The molecule has 80 valence electrons. The first-order valence-electron chi connectivity index (χ1n) is 3.78. The van der Waals surface area contributed by atoms with E-state index in [0.717, 1.165) is 6.42 Å². The lowest BCUT2D eigenvalue weighted by Crippen LogP contribution is -1.89. The SMILES string of the molecule is O=S(=O)(O)O.OCCc1ccccc1. The van der Waals surface area contributed by atoms with Crippen molar-refractivity contribution in [2.45, 2.75) is 6.42 Å². The van der Waals surface area contributed by atoms with Gasteiger partial charge in [0.15, 0.2) is 0 Å². The Morgan fingerprint density at radius 3 is 1.86 bits per heavy atom. The summed E-state index contributed by atoms with van der Waals surface area (Å²) in [6.45, 7) is 0.240. The fraction of sp³-hybridized carbons (Fsp3) is 0.250. The number of hydrogen-bond donors (Lipinski definition) is 3. The van der Waals surface area contributed by atoms with Crippen molar-refractivity contribution in [1.82, 2.24) is 0 Å². The van der Waals surface area contributed by atoms with Crippen molar-refractivity contribution in [3.05, 3.63) is 35.9 Å². The van der Waals surface area contributed by atoms with Crippen LogP contribution in [0.15, 0.2) is 30.3 Å². The van der Waals surface area contributed by atoms with Crippen LogP contribution in [-0.2, 0) is 16.8 Å². The van der Waals surface area contributed by atoms with Crippen LogP contribution in [0, 0.1) is 0 Å². The summed E-state index contributed by atoms with van der Waals surface area (Å²) in [6.07, 6.45) is 0.765. The van der Waals surface area contributed by atoms with E-state index < -0.39 is 10.4 Å². The Labute approximate surface area is 82.6 Å². The Kier molecular flexibility index (Phi) is 6.06. The van der Waals surface area contributed by atoms with Gasteiger partial charge in [-0.15, -0.1) is 0 Å². The predicted molar refractivity (Wildman–Crippen MR) is 51.4 cm³/mol. The van der Waals surface area contributed by atoms with Crippen LogP contribution in [-0.4, -0.2) is 29.2 Å². The van der Waals surface area contributed by atoms with Crippen molar-refractivity contribution in [1.29, 1.82) is 0 Å². The lowest BCUT2D eigenvalue weighted by atomic mass is 10.2. The fourth-order valence-electron chi connectivity index (χ4n) is 0.774. The summed E-state index contributed by atoms with van der Waals surface area (Å²) in [5.74, 6) is 0. The van der Waals surface area contributed by atoms with Crippen molar-refractivity contribution in [3.63, 3.8) is 0 Å². The molecule has 1 aromatic carbocycles. The van der Waals surface area contributed by atoms with E-state index in [1.165, 1.54) is 5.56 Å². The van der Waals surface area contributed by atoms with Crippen LogP contribution in [0.3, 0.4) is 0 Å². The first-order chi connectivity index (χ1) is 6.43. The van der Waals surface area contributed by atoms with Crippen molar-refractivity contribution < 1.29 is 22.6 Å². The topological polar surface area (TPSA) is 94.8 Å². The lowest BCUT2D eigenvalue weighted by molar-refractivity contribution is 0.299. The van der Waals surface area contributed by atoms with E-state index in [2.05, 4.69) is 0 Å². The maximum atomic E-state index is 8.74. The number of hydrogen-bond acceptors (Lipinski definition) is 3. The lowest BCUT2D eigenvalue weighted by Gasteiger charge is -1.93. The zero-order chi connectivity index (χ0) is 11.0. The van der Waals surface area contributed by atoms with Gasteiger partial charge in [-0.3, -0.25) is 9.11 Å². The summed E-state index contributed by atoms with van der Waals surface area (Å²) in [6, 6.07) is 9.95. The molecule has 1 aromatic rings. The number of aliphatic hydroxyl groups excluding tert-OH is 1. The molecule has 0 bridgehead atoms. The third-order valence-electron chi connectivity index (χ3n) is 1.24. The van der Waals surface area contributed by atoms with Crippen molar-refractivity contribution >= 4 is 10.4 Å². The Bertz CT molecular complexity index is 324. The Morgan fingerprint density at radius 1 is 1.07 bits per heavy atom. The molecule has 0 spiro atoms. The molecule has 0 unspecified atom stereocenters.